The number of amides is 1. The van der Waals surface area contributed by atoms with Crippen LogP contribution in [0.2, 0.25) is 0 Å². The van der Waals surface area contributed by atoms with Gasteiger partial charge in [-0.25, -0.2) is 8.42 Å². The molecule has 0 radical (unpaired) electrons. The maximum atomic E-state index is 11.5. The van der Waals surface area contributed by atoms with Crippen LogP contribution in [0.15, 0.2) is 0 Å². The van der Waals surface area contributed by atoms with Gasteiger partial charge in [-0.05, 0) is 6.92 Å². The summed E-state index contributed by atoms with van der Waals surface area (Å²) in [6.45, 7) is 3.96. The fourth-order valence-electron chi connectivity index (χ4n) is 1.78. The zero-order valence-corrected chi connectivity index (χ0v) is 10.8. The van der Waals surface area contributed by atoms with Gasteiger partial charge in [0.2, 0.25) is 15.0 Å². The molecule has 16 heavy (non-hydrogen) atoms. The highest BCUT2D eigenvalue weighted by Gasteiger charge is 2.31. The SMILES string of the molecule is CCOCCN1CC(CS(=O)(=O)Cl)CC1=O. The lowest BCUT2D eigenvalue weighted by atomic mass is 10.1. The first-order chi connectivity index (χ1) is 7.42. The lowest BCUT2D eigenvalue weighted by Crippen LogP contribution is -2.29. The molecule has 94 valence electrons. The number of hydrogen-bond acceptors (Lipinski definition) is 4. The van der Waals surface area contributed by atoms with Crippen LogP contribution in [0.1, 0.15) is 13.3 Å². The minimum atomic E-state index is -3.52. The standard InChI is InChI=1S/C9H16ClNO4S/c1-2-15-4-3-11-6-8(5-9(11)12)7-16(10,13)14/h8H,2-7H2,1H3. The second-order valence-electron chi connectivity index (χ2n) is 3.81. The van der Waals surface area contributed by atoms with Crippen LogP contribution in [0.25, 0.3) is 0 Å². The average molecular weight is 270 g/mol. The van der Waals surface area contributed by atoms with Gasteiger partial charge in [-0.3, -0.25) is 4.79 Å². The minimum Gasteiger partial charge on any atom is -0.380 e. The molecule has 1 heterocycles. The van der Waals surface area contributed by atoms with Gasteiger partial charge in [0.25, 0.3) is 0 Å². The van der Waals surface area contributed by atoms with Crippen molar-refractivity contribution in [3.05, 3.63) is 0 Å². The molecule has 1 fully saturated rings. The van der Waals surface area contributed by atoms with Crippen molar-refractivity contribution in [1.82, 2.24) is 4.90 Å². The van der Waals surface area contributed by atoms with Crippen LogP contribution in [0.4, 0.5) is 0 Å². The van der Waals surface area contributed by atoms with Gasteiger partial charge < -0.3 is 9.64 Å². The fraction of sp³-hybridized carbons (Fsp3) is 0.889. The number of ether oxygens (including phenoxy) is 1. The summed E-state index contributed by atoms with van der Waals surface area (Å²) < 4.78 is 26.9. The Morgan fingerprint density at radius 3 is 2.81 bits per heavy atom. The van der Waals surface area contributed by atoms with Crippen LogP contribution in [0, 0.1) is 5.92 Å². The third-order valence-electron chi connectivity index (χ3n) is 2.44. The van der Waals surface area contributed by atoms with E-state index < -0.39 is 9.05 Å². The van der Waals surface area contributed by atoms with Gasteiger partial charge in [0, 0.05) is 42.7 Å². The molecular formula is C9H16ClNO4S. The zero-order chi connectivity index (χ0) is 12.2. The van der Waals surface area contributed by atoms with E-state index in [0.29, 0.717) is 26.3 Å². The lowest BCUT2D eigenvalue weighted by Gasteiger charge is -2.15. The Morgan fingerprint density at radius 2 is 2.25 bits per heavy atom. The summed E-state index contributed by atoms with van der Waals surface area (Å²) in [5, 5.41) is 0. The number of hydrogen-bond donors (Lipinski definition) is 0. The van der Waals surface area contributed by atoms with Crippen molar-refractivity contribution in [3.63, 3.8) is 0 Å². The van der Waals surface area contributed by atoms with Crippen molar-refractivity contribution in [2.45, 2.75) is 13.3 Å². The first-order valence-electron chi connectivity index (χ1n) is 5.20. The third-order valence-corrected chi connectivity index (χ3v) is 3.69. The van der Waals surface area contributed by atoms with Gasteiger partial charge in [-0.2, -0.15) is 0 Å². The van der Waals surface area contributed by atoms with E-state index in [1.807, 2.05) is 6.92 Å². The first-order valence-corrected chi connectivity index (χ1v) is 7.68. The van der Waals surface area contributed by atoms with Crippen molar-refractivity contribution in [1.29, 1.82) is 0 Å². The maximum Gasteiger partial charge on any atom is 0.232 e. The topological polar surface area (TPSA) is 63.7 Å². The molecule has 0 aromatic rings. The maximum absolute atomic E-state index is 11.5. The number of carbonyl (C=O) groups excluding carboxylic acids is 1. The van der Waals surface area contributed by atoms with Gasteiger partial charge in [0.1, 0.15) is 0 Å². The molecule has 5 nitrogen and oxygen atoms in total. The fourth-order valence-corrected chi connectivity index (χ4v) is 3.10. The average Bonchev–Trinajstić information content (AvgIpc) is 2.44. The minimum absolute atomic E-state index is 0.0231. The van der Waals surface area contributed by atoms with Gasteiger partial charge in [0.15, 0.2) is 0 Å². The Morgan fingerprint density at radius 1 is 1.56 bits per heavy atom. The van der Waals surface area contributed by atoms with Crippen LogP contribution in [0.3, 0.4) is 0 Å². The Kier molecular flexibility index (Phi) is 5.01. The monoisotopic (exact) mass is 269 g/mol. The largest absolute Gasteiger partial charge is 0.380 e. The molecule has 1 aliphatic heterocycles. The molecule has 1 saturated heterocycles. The molecule has 7 heteroatoms. The number of halogens is 1. The molecule has 0 spiro atoms. The van der Waals surface area contributed by atoms with Crippen LogP contribution in [-0.2, 0) is 18.6 Å². The van der Waals surface area contributed by atoms with E-state index in [-0.39, 0.29) is 24.0 Å². The molecule has 0 N–H and O–H groups in total. The number of carbonyl (C=O) groups is 1. The molecule has 0 aromatic heterocycles. The molecule has 0 aliphatic carbocycles. The quantitative estimate of drug-likeness (QED) is 0.519. The Bertz CT molecular complexity index is 343. The van der Waals surface area contributed by atoms with Gasteiger partial charge in [-0.1, -0.05) is 0 Å². The third kappa shape index (κ3) is 4.67. The summed E-state index contributed by atoms with van der Waals surface area (Å²) in [4.78, 5) is 13.1. The molecule has 0 bridgehead atoms. The highest BCUT2D eigenvalue weighted by atomic mass is 35.7. The number of rotatable bonds is 6. The first kappa shape index (κ1) is 13.7. The normalized spacial score (nSPS) is 21.8. The smallest absolute Gasteiger partial charge is 0.232 e. The lowest BCUT2D eigenvalue weighted by molar-refractivity contribution is -0.128. The van der Waals surface area contributed by atoms with E-state index in [2.05, 4.69) is 0 Å². The summed E-state index contributed by atoms with van der Waals surface area (Å²) >= 11 is 0. The van der Waals surface area contributed by atoms with E-state index >= 15 is 0 Å². The summed E-state index contributed by atoms with van der Waals surface area (Å²) in [7, 11) is 1.64. The predicted octanol–water partition coefficient (Wildman–Crippen LogP) is 0.440. The summed E-state index contributed by atoms with van der Waals surface area (Å²) in [6, 6.07) is 0. The molecule has 1 unspecified atom stereocenters. The van der Waals surface area contributed by atoms with E-state index in [1.165, 1.54) is 0 Å². The molecule has 1 rings (SSSR count). The van der Waals surface area contributed by atoms with Gasteiger partial charge in [0.05, 0.1) is 12.4 Å². The summed E-state index contributed by atoms with van der Waals surface area (Å²) in [6.07, 6.45) is 0.262. The van der Waals surface area contributed by atoms with Gasteiger partial charge >= 0.3 is 0 Å². The van der Waals surface area contributed by atoms with Crippen LogP contribution < -0.4 is 0 Å². The Labute approximate surface area is 100 Å². The highest BCUT2D eigenvalue weighted by molar-refractivity contribution is 8.13. The molecule has 0 aromatic carbocycles. The van der Waals surface area contributed by atoms with Crippen molar-refractivity contribution in [2.24, 2.45) is 5.92 Å². The van der Waals surface area contributed by atoms with E-state index in [0.717, 1.165) is 0 Å². The van der Waals surface area contributed by atoms with Crippen molar-refractivity contribution in [3.8, 4) is 0 Å². The number of likely N-dealkylation sites (tertiary alicyclic amines) is 1. The Balaban J connectivity index is 2.38. The van der Waals surface area contributed by atoms with Crippen molar-refractivity contribution in [2.75, 3.05) is 32.1 Å². The number of nitrogens with zero attached hydrogens (tertiary/aromatic N) is 1. The highest BCUT2D eigenvalue weighted by Crippen LogP contribution is 2.20. The second kappa shape index (κ2) is 5.84. The van der Waals surface area contributed by atoms with E-state index in [9.17, 15) is 13.2 Å². The second-order valence-corrected chi connectivity index (χ2v) is 6.63. The molecule has 1 aliphatic rings. The van der Waals surface area contributed by atoms with Crippen LogP contribution in [-0.4, -0.2) is 51.3 Å². The molecule has 1 atom stereocenters. The predicted molar refractivity (Wildman–Crippen MR) is 60.8 cm³/mol. The summed E-state index contributed by atoms with van der Waals surface area (Å²) in [5.41, 5.74) is 0. The van der Waals surface area contributed by atoms with E-state index in [4.69, 9.17) is 15.4 Å². The van der Waals surface area contributed by atoms with Crippen LogP contribution >= 0.6 is 10.7 Å². The van der Waals surface area contributed by atoms with E-state index in [1.54, 1.807) is 4.90 Å². The van der Waals surface area contributed by atoms with Crippen molar-refractivity contribution < 1.29 is 17.9 Å². The molecule has 0 saturated carbocycles. The molecular weight excluding hydrogens is 254 g/mol. The van der Waals surface area contributed by atoms with Crippen LogP contribution in [0.5, 0.6) is 0 Å². The van der Waals surface area contributed by atoms with Crippen molar-refractivity contribution >= 4 is 25.6 Å². The van der Waals surface area contributed by atoms with Gasteiger partial charge in [-0.15, -0.1) is 0 Å². The molecule has 1 amide bonds. The zero-order valence-electron chi connectivity index (χ0n) is 9.19. The summed E-state index contributed by atoms with van der Waals surface area (Å²) in [5.74, 6) is -0.340. The Hall–Kier alpha value is -0.330.